The van der Waals surface area contributed by atoms with Crippen molar-refractivity contribution in [3.8, 4) is 0 Å². The predicted molar refractivity (Wildman–Crippen MR) is 59.4 cm³/mol. The van der Waals surface area contributed by atoms with Crippen molar-refractivity contribution in [2.75, 3.05) is 0 Å². The van der Waals surface area contributed by atoms with Gasteiger partial charge in [-0.3, -0.25) is 0 Å². The molecule has 84 valence electrons. The highest BCUT2D eigenvalue weighted by Gasteiger charge is 2.16. The van der Waals surface area contributed by atoms with Crippen molar-refractivity contribution in [3.63, 3.8) is 0 Å². The van der Waals surface area contributed by atoms with Crippen LogP contribution in [0.2, 0.25) is 0 Å². The molecule has 1 atom stereocenters. The zero-order valence-corrected chi connectivity index (χ0v) is 9.18. The number of rotatable bonds is 5. The zero-order valence-electron chi connectivity index (χ0n) is 9.18. The van der Waals surface area contributed by atoms with Crippen LogP contribution in [-0.2, 0) is 6.54 Å². The van der Waals surface area contributed by atoms with Crippen LogP contribution < -0.4 is 0 Å². The highest BCUT2D eigenvalue weighted by atomic mass is 16.3. The largest absolute Gasteiger partial charge is 0.391 e. The quantitative estimate of drug-likeness (QED) is 0.805. The number of aromatic nitrogens is 2. The molecule has 0 radical (unpaired) electrons. The smallest absolute Gasteiger partial charge is 0.0946 e. The van der Waals surface area contributed by atoms with Crippen LogP contribution in [0.5, 0.6) is 0 Å². The molecule has 1 aromatic rings. The summed E-state index contributed by atoms with van der Waals surface area (Å²) in [5.74, 6) is 0.877. The zero-order chi connectivity index (χ0) is 10.5. The first kappa shape index (κ1) is 10.7. The number of imidazole rings is 1. The van der Waals surface area contributed by atoms with Crippen LogP contribution in [0.1, 0.15) is 38.5 Å². The molecular weight excluding hydrogens is 188 g/mol. The minimum Gasteiger partial charge on any atom is -0.391 e. The van der Waals surface area contributed by atoms with Gasteiger partial charge in [-0.2, -0.15) is 0 Å². The maximum Gasteiger partial charge on any atom is 0.0946 e. The molecule has 1 unspecified atom stereocenters. The fourth-order valence-electron chi connectivity index (χ4n) is 2.46. The molecule has 3 nitrogen and oxygen atoms in total. The summed E-state index contributed by atoms with van der Waals surface area (Å²) in [7, 11) is 0. The van der Waals surface area contributed by atoms with Crippen molar-refractivity contribution in [1.29, 1.82) is 0 Å². The third kappa shape index (κ3) is 3.34. The van der Waals surface area contributed by atoms with Gasteiger partial charge in [0.1, 0.15) is 0 Å². The minimum absolute atomic E-state index is 0.209. The van der Waals surface area contributed by atoms with Crippen LogP contribution >= 0.6 is 0 Å². The van der Waals surface area contributed by atoms with E-state index in [1.165, 1.54) is 32.1 Å². The third-order valence-corrected chi connectivity index (χ3v) is 3.36. The van der Waals surface area contributed by atoms with Gasteiger partial charge in [0.2, 0.25) is 0 Å². The van der Waals surface area contributed by atoms with Gasteiger partial charge in [-0.1, -0.05) is 25.7 Å². The van der Waals surface area contributed by atoms with Crippen molar-refractivity contribution >= 4 is 0 Å². The summed E-state index contributed by atoms with van der Waals surface area (Å²) in [5, 5.41) is 9.83. The molecule has 15 heavy (non-hydrogen) atoms. The van der Waals surface area contributed by atoms with E-state index in [0.29, 0.717) is 6.54 Å². The van der Waals surface area contributed by atoms with Gasteiger partial charge in [-0.15, -0.1) is 0 Å². The Kier molecular flexibility index (Phi) is 3.78. The minimum atomic E-state index is -0.209. The van der Waals surface area contributed by atoms with Gasteiger partial charge in [0.15, 0.2) is 0 Å². The van der Waals surface area contributed by atoms with Gasteiger partial charge in [0.05, 0.1) is 12.4 Å². The molecule has 1 aromatic heterocycles. The molecule has 1 heterocycles. The van der Waals surface area contributed by atoms with E-state index >= 15 is 0 Å². The van der Waals surface area contributed by atoms with Gasteiger partial charge in [-0.25, -0.2) is 4.98 Å². The van der Waals surface area contributed by atoms with Gasteiger partial charge < -0.3 is 9.67 Å². The SMILES string of the molecule is OC(CCC1CCCC1)Cn1ccnc1. The molecule has 1 N–H and O–H groups in total. The molecule has 1 aliphatic rings. The van der Waals surface area contributed by atoms with Gasteiger partial charge in [-0.05, 0) is 18.8 Å². The van der Waals surface area contributed by atoms with Crippen LogP contribution in [0.3, 0.4) is 0 Å². The predicted octanol–water partition coefficient (Wildman–Crippen LogP) is 2.21. The van der Waals surface area contributed by atoms with Gasteiger partial charge in [0.25, 0.3) is 0 Å². The fourth-order valence-corrected chi connectivity index (χ4v) is 2.46. The topological polar surface area (TPSA) is 38.0 Å². The lowest BCUT2D eigenvalue weighted by molar-refractivity contribution is 0.135. The molecule has 1 aliphatic carbocycles. The summed E-state index contributed by atoms with van der Waals surface area (Å²) in [6, 6.07) is 0. The van der Waals surface area contributed by atoms with Crippen LogP contribution in [-0.4, -0.2) is 20.8 Å². The molecule has 1 fully saturated rings. The average molecular weight is 208 g/mol. The van der Waals surface area contributed by atoms with Crippen molar-refractivity contribution in [2.24, 2.45) is 5.92 Å². The Balaban J connectivity index is 1.66. The van der Waals surface area contributed by atoms with Crippen molar-refractivity contribution in [3.05, 3.63) is 18.7 Å². The number of hydrogen-bond acceptors (Lipinski definition) is 2. The Morgan fingerprint density at radius 1 is 1.40 bits per heavy atom. The average Bonchev–Trinajstić information content (AvgIpc) is 2.86. The summed E-state index contributed by atoms with van der Waals surface area (Å²) in [6.07, 6.45) is 12.9. The molecule has 0 aliphatic heterocycles. The molecule has 2 rings (SSSR count). The van der Waals surface area contributed by atoms with Crippen LogP contribution in [0.15, 0.2) is 18.7 Å². The van der Waals surface area contributed by atoms with E-state index in [-0.39, 0.29) is 6.10 Å². The van der Waals surface area contributed by atoms with Crippen molar-refractivity contribution in [2.45, 2.75) is 51.2 Å². The molecule has 0 spiro atoms. The second kappa shape index (κ2) is 5.31. The molecule has 1 saturated carbocycles. The molecular formula is C12H20N2O. The highest BCUT2D eigenvalue weighted by molar-refractivity contribution is 4.76. The van der Waals surface area contributed by atoms with Gasteiger partial charge >= 0.3 is 0 Å². The number of hydrogen-bond donors (Lipinski definition) is 1. The lowest BCUT2D eigenvalue weighted by Gasteiger charge is -2.14. The first-order valence-electron chi connectivity index (χ1n) is 5.98. The Morgan fingerprint density at radius 2 is 2.20 bits per heavy atom. The monoisotopic (exact) mass is 208 g/mol. The fraction of sp³-hybridized carbons (Fsp3) is 0.750. The summed E-state index contributed by atoms with van der Waals surface area (Å²) in [5.41, 5.74) is 0. The van der Waals surface area contributed by atoms with Gasteiger partial charge in [0, 0.05) is 18.9 Å². The number of aliphatic hydroxyl groups is 1. The first-order valence-corrected chi connectivity index (χ1v) is 5.98. The van der Waals surface area contributed by atoms with E-state index in [4.69, 9.17) is 0 Å². The third-order valence-electron chi connectivity index (χ3n) is 3.36. The summed E-state index contributed by atoms with van der Waals surface area (Å²) in [6.45, 7) is 0.687. The number of aliphatic hydroxyl groups excluding tert-OH is 1. The maximum atomic E-state index is 9.83. The standard InChI is InChI=1S/C12H20N2O/c15-12(9-14-8-7-13-10-14)6-5-11-3-1-2-4-11/h7-8,10-12,15H,1-6,9H2. The first-order chi connectivity index (χ1) is 7.34. The van der Waals surface area contributed by atoms with E-state index in [1.807, 2.05) is 10.8 Å². The second-order valence-electron chi connectivity index (χ2n) is 4.64. The van der Waals surface area contributed by atoms with Crippen LogP contribution in [0.4, 0.5) is 0 Å². The molecule has 0 aromatic carbocycles. The van der Waals surface area contributed by atoms with E-state index in [9.17, 15) is 5.11 Å². The van der Waals surface area contributed by atoms with Crippen molar-refractivity contribution < 1.29 is 5.11 Å². The van der Waals surface area contributed by atoms with E-state index in [1.54, 1.807) is 12.5 Å². The summed E-state index contributed by atoms with van der Waals surface area (Å²) < 4.78 is 1.94. The van der Waals surface area contributed by atoms with E-state index in [0.717, 1.165) is 12.3 Å². The van der Waals surface area contributed by atoms with Crippen LogP contribution in [0.25, 0.3) is 0 Å². The van der Waals surface area contributed by atoms with E-state index in [2.05, 4.69) is 4.98 Å². The lowest BCUT2D eigenvalue weighted by Crippen LogP contribution is -2.15. The normalized spacial score (nSPS) is 19.5. The van der Waals surface area contributed by atoms with Crippen LogP contribution in [0, 0.1) is 5.92 Å². The Bertz CT molecular complexity index is 265. The second-order valence-corrected chi connectivity index (χ2v) is 4.64. The Hall–Kier alpha value is -0.830. The lowest BCUT2D eigenvalue weighted by atomic mass is 9.99. The number of nitrogens with zero attached hydrogens (tertiary/aromatic N) is 2. The summed E-state index contributed by atoms with van der Waals surface area (Å²) >= 11 is 0. The molecule has 0 bridgehead atoms. The summed E-state index contributed by atoms with van der Waals surface area (Å²) in [4.78, 5) is 3.96. The Morgan fingerprint density at radius 3 is 2.87 bits per heavy atom. The van der Waals surface area contributed by atoms with Crippen molar-refractivity contribution in [1.82, 2.24) is 9.55 Å². The molecule has 0 amide bonds. The molecule has 3 heteroatoms. The Labute approximate surface area is 91.1 Å². The maximum absolute atomic E-state index is 9.83. The highest BCUT2D eigenvalue weighted by Crippen LogP contribution is 2.28. The molecule has 0 saturated heterocycles. The van der Waals surface area contributed by atoms with E-state index < -0.39 is 0 Å².